The van der Waals surface area contributed by atoms with Crippen molar-refractivity contribution < 1.29 is 13.0 Å². The minimum atomic E-state index is -4.70. The summed E-state index contributed by atoms with van der Waals surface area (Å²) >= 11 is 0. The fourth-order valence-corrected chi connectivity index (χ4v) is 7.97. The second-order valence-corrected chi connectivity index (χ2v) is 12.9. The molecule has 0 unspecified atom stereocenters. The Morgan fingerprint density at radius 1 is 1.07 bits per heavy atom. The van der Waals surface area contributed by atoms with E-state index in [0.29, 0.717) is 47.8 Å². The van der Waals surface area contributed by atoms with Crippen molar-refractivity contribution in [3.63, 3.8) is 0 Å². The highest BCUT2D eigenvalue weighted by atomic mass is 32.2. The zero-order valence-corrected chi connectivity index (χ0v) is 24.8. The number of aromatic amines is 1. The van der Waals surface area contributed by atoms with Gasteiger partial charge in [0, 0.05) is 60.8 Å². The van der Waals surface area contributed by atoms with Crippen molar-refractivity contribution in [1.29, 1.82) is 5.26 Å². The lowest BCUT2D eigenvalue weighted by Crippen LogP contribution is -2.51. The van der Waals surface area contributed by atoms with E-state index in [2.05, 4.69) is 45.9 Å². The number of aromatic nitrogens is 2. The molecule has 3 heterocycles. The molecule has 0 amide bonds. The van der Waals surface area contributed by atoms with Crippen LogP contribution in [0, 0.1) is 17.2 Å². The van der Waals surface area contributed by atoms with E-state index in [1.807, 2.05) is 42.6 Å². The van der Waals surface area contributed by atoms with E-state index in [0.717, 1.165) is 45.4 Å². The van der Waals surface area contributed by atoms with Gasteiger partial charge in [-0.3, -0.25) is 4.55 Å². The van der Waals surface area contributed by atoms with Crippen LogP contribution < -0.4 is 9.80 Å². The molecule has 7 rings (SSSR count). The second kappa shape index (κ2) is 10.3. The molecular formula is C34H31N5O3S. The third-order valence-corrected chi connectivity index (χ3v) is 10.1. The number of nitriles is 1. The van der Waals surface area contributed by atoms with Crippen molar-refractivity contribution >= 4 is 32.5 Å². The third-order valence-electron chi connectivity index (χ3n) is 9.19. The second-order valence-electron chi connectivity index (χ2n) is 11.6. The topological polar surface area (TPSA) is 113 Å². The lowest BCUT2D eigenvalue weighted by Gasteiger charge is -2.44. The molecule has 1 aliphatic heterocycles. The van der Waals surface area contributed by atoms with E-state index in [9.17, 15) is 18.2 Å². The smallest absolute Gasteiger partial charge is 0.297 e. The Balaban J connectivity index is 1.42. The molecule has 0 saturated carbocycles. The first kappa shape index (κ1) is 27.2. The number of likely N-dealkylation sites (N-methyl/N-ethyl adjacent to an activating group) is 1. The molecule has 3 aromatic carbocycles. The quantitative estimate of drug-likeness (QED) is 0.228. The summed E-state index contributed by atoms with van der Waals surface area (Å²) in [6, 6.07) is 23.3. The number of anilines is 2. The Hall–Kier alpha value is -4.65. The first-order valence-electron chi connectivity index (χ1n) is 14.4. The van der Waals surface area contributed by atoms with E-state index >= 15 is 0 Å². The maximum Gasteiger partial charge on any atom is 0.297 e. The molecule has 43 heavy (non-hydrogen) atoms. The molecule has 0 spiro atoms. The SMILES string of the molecule is C[C@@H]1CCN(c2cc3c(c(-c4ccccc4C#N)c2S(=O)(=O)O)Cc2ccccc2-3)C[C@@H]1N(C)c1ccnc2[nH]ccc12. The summed E-state index contributed by atoms with van der Waals surface area (Å²) in [7, 11) is -2.62. The van der Waals surface area contributed by atoms with Crippen molar-refractivity contribution in [3.8, 4) is 28.3 Å². The molecule has 0 radical (unpaired) electrons. The van der Waals surface area contributed by atoms with E-state index < -0.39 is 10.1 Å². The van der Waals surface area contributed by atoms with Crippen LogP contribution >= 0.6 is 0 Å². The summed E-state index contributed by atoms with van der Waals surface area (Å²) in [6.45, 7) is 3.41. The van der Waals surface area contributed by atoms with Crippen LogP contribution in [-0.4, -0.2) is 49.1 Å². The van der Waals surface area contributed by atoms with Gasteiger partial charge in [0.2, 0.25) is 0 Å². The average Bonchev–Trinajstić information content (AvgIpc) is 3.64. The van der Waals surface area contributed by atoms with Crippen molar-refractivity contribution in [2.24, 2.45) is 5.92 Å². The Morgan fingerprint density at radius 2 is 1.84 bits per heavy atom. The summed E-state index contributed by atoms with van der Waals surface area (Å²) in [5, 5.41) is 11.0. The van der Waals surface area contributed by atoms with Gasteiger partial charge in [-0.05, 0) is 65.3 Å². The highest BCUT2D eigenvalue weighted by Crippen LogP contribution is 2.49. The summed E-state index contributed by atoms with van der Waals surface area (Å²) in [4.78, 5) is 11.9. The lowest BCUT2D eigenvalue weighted by atomic mass is 9.89. The number of benzene rings is 3. The van der Waals surface area contributed by atoms with Gasteiger partial charge in [0.25, 0.3) is 10.1 Å². The fraction of sp³-hybridized carbons (Fsp3) is 0.235. The number of piperidine rings is 1. The molecule has 1 saturated heterocycles. The molecule has 2 aromatic heterocycles. The van der Waals surface area contributed by atoms with Crippen LogP contribution in [0.3, 0.4) is 0 Å². The zero-order chi connectivity index (χ0) is 29.9. The Labute approximate surface area is 251 Å². The van der Waals surface area contributed by atoms with E-state index in [1.165, 1.54) is 0 Å². The van der Waals surface area contributed by atoms with Gasteiger partial charge >= 0.3 is 0 Å². The minimum Gasteiger partial charge on any atom is -0.369 e. The Morgan fingerprint density at radius 3 is 2.63 bits per heavy atom. The number of rotatable bonds is 5. The standard InChI is InChI=1S/C34H31N5O3S/c1-21-13-16-39(20-31(21)38(2)29-12-15-37-34-26(29)11-14-36-34)30-18-27-24-9-5-3-7-22(24)17-28(27)32(33(30)43(40,41)42)25-10-6-4-8-23(25)19-35/h3-12,14-15,18,21,31H,13,16-17,20H2,1-2H3,(H,36,37)(H,40,41,42)/t21-,31+/m1/s1. The summed E-state index contributed by atoms with van der Waals surface area (Å²) in [6.07, 6.45) is 5.02. The van der Waals surface area contributed by atoms with Gasteiger partial charge in [0.15, 0.2) is 0 Å². The third kappa shape index (κ3) is 4.46. The summed E-state index contributed by atoms with van der Waals surface area (Å²) in [5.41, 5.74) is 7.49. The van der Waals surface area contributed by atoms with Crippen molar-refractivity contribution in [3.05, 3.63) is 95.8 Å². The maximum absolute atomic E-state index is 13.4. The first-order chi connectivity index (χ1) is 20.8. The number of fused-ring (bicyclic) bond motifs is 4. The van der Waals surface area contributed by atoms with Crippen LogP contribution in [0.5, 0.6) is 0 Å². The monoisotopic (exact) mass is 589 g/mol. The molecule has 2 N–H and O–H groups in total. The molecular weight excluding hydrogens is 558 g/mol. The molecule has 216 valence electrons. The lowest BCUT2D eigenvalue weighted by molar-refractivity contribution is 0.367. The highest BCUT2D eigenvalue weighted by molar-refractivity contribution is 7.86. The molecule has 1 aliphatic carbocycles. The van der Waals surface area contributed by atoms with Gasteiger partial charge in [0.1, 0.15) is 10.5 Å². The normalized spacial score (nSPS) is 17.9. The molecule has 9 heteroatoms. The molecule has 5 aromatic rings. The van der Waals surface area contributed by atoms with Crippen LogP contribution in [0.1, 0.15) is 30.0 Å². The van der Waals surface area contributed by atoms with Crippen LogP contribution in [-0.2, 0) is 16.5 Å². The molecule has 1 fully saturated rings. The fourth-order valence-electron chi connectivity index (χ4n) is 7.02. The van der Waals surface area contributed by atoms with Crippen LogP contribution in [0.15, 0.2) is 84.0 Å². The van der Waals surface area contributed by atoms with E-state index in [-0.39, 0.29) is 10.9 Å². The number of nitrogens with zero attached hydrogens (tertiary/aromatic N) is 4. The Bertz CT molecular complexity index is 2050. The van der Waals surface area contributed by atoms with Crippen molar-refractivity contribution in [2.45, 2.75) is 30.7 Å². The minimum absolute atomic E-state index is 0.0545. The number of hydrogen-bond acceptors (Lipinski definition) is 6. The number of hydrogen-bond donors (Lipinski definition) is 2. The predicted molar refractivity (Wildman–Crippen MR) is 169 cm³/mol. The first-order valence-corrected chi connectivity index (χ1v) is 15.8. The predicted octanol–water partition coefficient (Wildman–Crippen LogP) is 6.27. The van der Waals surface area contributed by atoms with Gasteiger partial charge < -0.3 is 14.8 Å². The number of H-pyrrole nitrogens is 1. The van der Waals surface area contributed by atoms with Gasteiger partial charge in [-0.1, -0.05) is 49.4 Å². The van der Waals surface area contributed by atoms with E-state index in [4.69, 9.17) is 0 Å². The Kier molecular flexibility index (Phi) is 6.49. The van der Waals surface area contributed by atoms with Gasteiger partial charge in [-0.25, -0.2) is 4.98 Å². The van der Waals surface area contributed by atoms with Crippen LogP contribution in [0.4, 0.5) is 11.4 Å². The number of pyridine rings is 1. The van der Waals surface area contributed by atoms with E-state index in [1.54, 1.807) is 30.5 Å². The summed E-state index contributed by atoms with van der Waals surface area (Å²) in [5.74, 6) is 0.325. The number of nitrogens with one attached hydrogen (secondary N) is 1. The molecule has 0 bridgehead atoms. The largest absolute Gasteiger partial charge is 0.369 e. The molecule has 2 atom stereocenters. The van der Waals surface area contributed by atoms with Crippen LogP contribution in [0.2, 0.25) is 0 Å². The molecule has 8 nitrogen and oxygen atoms in total. The van der Waals surface area contributed by atoms with Gasteiger partial charge in [-0.15, -0.1) is 0 Å². The maximum atomic E-state index is 13.4. The van der Waals surface area contributed by atoms with Crippen molar-refractivity contribution in [2.75, 3.05) is 29.9 Å². The van der Waals surface area contributed by atoms with Crippen molar-refractivity contribution in [1.82, 2.24) is 9.97 Å². The highest BCUT2D eigenvalue weighted by Gasteiger charge is 2.37. The summed E-state index contributed by atoms with van der Waals surface area (Å²) < 4.78 is 37.7. The molecule has 2 aliphatic rings. The van der Waals surface area contributed by atoms with Gasteiger partial charge in [0.05, 0.1) is 17.3 Å². The zero-order valence-electron chi connectivity index (χ0n) is 23.9. The van der Waals surface area contributed by atoms with Crippen LogP contribution in [0.25, 0.3) is 33.3 Å². The average molecular weight is 590 g/mol. The van der Waals surface area contributed by atoms with Gasteiger partial charge in [-0.2, -0.15) is 13.7 Å².